The highest BCUT2D eigenvalue weighted by atomic mass is 32.2. The minimum Gasteiger partial charge on any atom is -0.384 e. The van der Waals surface area contributed by atoms with Crippen LogP contribution in [0, 0.1) is 0 Å². The average Bonchev–Trinajstić information content (AvgIpc) is 2.36. The number of anilines is 1. The van der Waals surface area contributed by atoms with Gasteiger partial charge in [0, 0.05) is 14.2 Å². The number of benzene rings is 1. The van der Waals surface area contributed by atoms with Crippen LogP contribution in [0.25, 0.3) is 0 Å². The number of carbonyl (C=O) groups excluding carboxylic acids is 1. The van der Waals surface area contributed by atoms with Crippen molar-refractivity contribution in [1.29, 1.82) is 0 Å². The van der Waals surface area contributed by atoms with Crippen molar-refractivity contribution in [2.75, 3.05) is 31.2 Å². The maximum absolute atomic E-state index is 11.7. The quantitative estimate of drug-likeness (QED) is 0.786. The predicted octanol–water partition coefficient (Wildman–Crippen LogP) is 0.434. The predicted molar refractivity (Wildman–Crippen MR) is 69.1 cm³/mol. The van der Waals surface area contributed by atoms with E-state index in [0.29, 0.717) is 0 Å². The van der Waals surface area contributed by atoms with Crippen LogP contribution >= 0.6 is 0 Å². The molecule has 0 aliphatic carbocycles. The van der Waals surface area contributed by atoms with Gasteiger partial charge >= 0.3 is 0 Å². The third-order valence-electron chi connectivity index (χ3n) is 2.22. The van der Waals surface area contributed by atoms with E-state index in [4.69, 9.17) is 4.74 Å². The van der Waals surface area contributed by atoms with Gasteiger partial charge in [-0.3, -0.25) is 9.52 Å². The monoisotopic (exact) mass is 272 g/mol. The Balaban J connectivity index is 2.94. The van der Waals surface area contributed by atoms with Crippen LogP contribution in [-0.4, -0.2) is 40.8 Å². The topological polar surface area (TPSA) is 84.5 Å². The molecule has 0 radical (unpaired) electrons. The van der Waals surface area contributed by atoms with Crippen LogP contribution in [0.1, 0.15) is 10.4 Å². The van der Waals surface area contributed by atoms with Gasteiger partial charge in [-0.25, -0.2) is 8.42 Å². The molecule has 100 valence electrons. The van der Waals surface area contributed by atoms with Crippen molar-refractivity contribution in [3.05, 3.63) is 29.8 Å². The Morgan fingerprint density at radius 2 is 2.00 bits per heavy atom. The zero-order valence-corrected chi connectivity index (χ0v) is 11.1. The number of rotatable bonds is 6. The fourth-order valence-corrected chi connectivity index (χ4v) is 2.32. The van der Waals surface area contributed by atoms with Crippen molar-refractivity contribution in [2.45, 2.75) is 0 Å². The molecule has 0 saturated carbocycles. The largest absolute Gasteiger partial charge is 0.384 e. The number of hydrogen-bond donors (Lipinski definition) is 2. The van der Waals surface area contributed by atoms with E-state index in [2.05, 4.69) is 10.0 Å². The Kier molecular flexibility index (Phi) is 5.11. The maximum Gasteiger partial charge on any atom is 0.253 e. The SMILES string of the molecule is CNC(=O)c1ccccc1NS(=O)(=O)CCOC. The average molecular weight is 272 g/mol. The lowest BCUT2D eigenvalue weighted by Crippen LogP contribution is -2.24. The molecule has 0 spiro atoms. The summed E-state index contributed by atoms with van der Waals surface area (Å²) in [5.41, 5.74) is 0.536. The fraction of sp³-hybridized carbons (Fsp3) is 0.364. The Morgan fingerprint density at radius 1 is 1.33 bits per heavy atom. The molecule has 1 aromatic rings. The standard InChI is InChI=1S/C11H16N2O4S/c1-12-11(14)9-5-3-4-6-10(9)13-18(15,16)8-7-17-2/h3-6,13H,7-8H2,1-2H3,(H,12,14). The van der Waals surface area contributed by atoms with Gasteiger partial charge in [0.25, 0.3) is 5.91 Å². The summed E-state index contributed by atoms with van der Waals surface area (Å²) in [5, 5.41) is 2.45. The van der Waals surface area contributed by atoms with Crippen LogP contribution in [0.3, 0.4) is 0 Å². The first-order valence-electron chi connectivity index (χ1n) is 5.30. The molecule has 1 aromatic carbocycles. The number of para-hydroxylation sites is 1. The van der Waals surface area contributed by atoms with E-state index < -0.39 is 10.0 Å². The van der Waals surface area contributed by atoms with Gasteiger partial charge in [-0.1, -0.05) is 12.1 Å². The first-order chi connectivity index (χ1) is 8.50. The number of amides is 1. The summed E-state index contributed by atoms with van der Waals surface area (Å²) in [7, 11) is -0.607. The zero-order chi connectivity index (χ0) is 13.6. The lowest BCUT2D eigenvalue weighted by atomic mass is 10.2. The fourth-order valence-electron chi connectivity index (χ4n) is 1.32. The first kappa shape index (κ1) is 14.5. The molecule has 0 fully saturated rings. The molecular weight excluding hydrogens is 256 g/mol. The van der Waals surface area contributed by atoms with E-state index in [1.165, 1.54) is 20.2 Å². The van der Waals surface area contributed by atoms with E-state index in [1.807, 2.05) is 0 Å². The molecule has 0 aromatic heterocycles. The van der Waals surface area contributed by atoms with E-state index in [1.54, 1.807) is 18.2 Å². The van der Waals surface area contributed by atoms with Gasteiger partial charge in [0.15, 0.2) is 0 Å². The molecule has 0 bridgehead atoms. The second kappa shape index (κ2) is 6.36. The minimum atomic E-state index is -3.52. The van der Waals surface area contributed by atoms with Gasteiger partial charge in [0.05, 0.1) is 23.6 Å². The Morgan fingerprint density at radius 3 is 2.61 bits per heavy atom. The second-order valence-corrected chi connectivity index (χ2v) is 5.38. The van der Waals surface area contributed by atoms with Gasteiger partial charge in [-0.2, -0.15) is 0 Å². The first-order valence-corrected chi connectivity index (χ1v) is 6.96. The summed E-state index contributed by atoms with van der Waals surface area (Å²) >= 11 is 0. The van der Waals surface area contributed by atoms with Crippen LogP contribution in [-0.2, 0) is 14.8 Å². The van der Waals surface area contributed by atoms with Crippen molar-refractivity contribution < 1.29 is 17.9 Å². The van der Waals surface area contributed by atoms with E-state index in [-0.39, 0.29) is 29.5 Å². The van der Waals surface area contributed by atoms with Crippen LogP contribution < -0.4 is 10.0 Å². The Bertz CT molecular complexity index is 514. The lowest BCUT2D eigenvalue weighted by Gasteiger charge is -2.11. The summed E-state index contributed by atoms with van der Waals surface area (Å²) in [6.07, 6.45) is 0. The van der Waals surface area contributed by atoms with Crippen LogP contribution in [0.15, 0.2) is 24.3 Å². The lowest BCUT2D eigenvalue weighted by molar-refractivity contribution is 0.0964. The van der Waals surface area contributed by atoms with Gasteiger partial charge in [0.1, 0.15) is 0 Å². The van der Waals surface area contributed by atoms with Gasteiger partial charge < -0.3 is 10.1 Å². The molecule has 0 unspecified atom stereocenters. The number of ether oxygens (including phenoxy) is 1. The minimum absolute atomic E-state index is 0.0947. The van der Waals surface area contributed by atoms with Crippen LogP contribution in [0.4, 0.5) is 5.69 Å². The molecule has 0 aliphatic rings. The highest BCUT2D eigenvalue weighted by molar-refractivity contribution is 7.92. The van der Waals surface area contributed by atoms with Gasteiger partial charge in [0.2, 0.25) is 10.0 Å². The molecule has 0 aliphatic heterocycles. The molecule has 2 N–H and O–H groups in total. The van der Waals surface area contributed by atoms with Crippen molar-refractivity contribution in [3.8, 4) is 0 Å². The smallest absolute Gasteiger partial charge is 0.253 e. The van der Waals surface area contributed by atoms with Crippen LogP contribution in [0.5, 0.6) is 0 Å². The summed E-state index contributed by atoms with van der Waals surface area (Å²) in [5.74, 6) is -0.508. The van der Waals surface area contributed by atoms with Crippen molar-refractivity contribution in [2.24, 2.45) is 0 Å². The summed E-state index contributed by atoms with van der Waals surface area (Å²) in [6, 6.07) is 6.40. The van der Waals surface area contributed by atoms with E-state index in [0.717, 1.165) is 0 Å². The maximum atomic E-state index is 11.7. The van der Waals surface area contributed by atoms with Crippen molar-refractivity contribution in [1.82, 2.24) is 5.32 Å². The molecule has 0 atom stereocenters. The van der Waals surface area contributed by atoms with Gasteiger partial charge in [-0.15, -0.1) is 0 Å². The van der Waals surface area contributed by atoms with Gasteiger partial charge in [-0.05, 0) is 12.1 Å². The Labute approximate surface area is 106 Å². The van der Waals surface area contributed by atoms with Crippen molar-refractivity contribution >= 4 is 21.6 Å². The second-order valence-electron chi connectivity index (χ2n) is 3.54. The summed E-state index contributed by atoms with van der Waals surface area (Å²) in [6.45, 7) is 0.0947. The summed E-state index contributed by atoms with van der Waals surface area (Å²) in [4.78, 5) is 11.6. The number of sulfonamides is 1. The number of nitrogens with one attached hydrogen (secondary N) is 2. The number of carbonyl (C=O) groups is 1. The van der Waals surface area contributed by atoms with Crippen LogP contribution in [0.2, 0.25) is 0 Å². The normalized spacial score (nSPS) is 11.0. The molecule has 1 rings (SSSR count). The molecule has 1 amide bonds. The third kappa shape index (κ3) is 4.01. The van der Waals surface area contributed by atoms with E-state index in [9.17, 15) is 13.2 Å². The molecular formula is C11H16N2O4S. The highest BCUT2D eigenvalue weighted by Gasteiger charge is 2.15. The Hall–Kier alpha value is -1.60. The van der Waals surface area contributed by atoms with Crippen molar-refractivity contribution in [3.63, 3.8) is 0 Å². The molecule has 6 nitrogen and oxygen atoms in total. The highest BCUT2D eigenvalue weighted by Crippen LogP contribution is 2.16. The summed E-state index contributed by atoms with van der Waals surface area (Å²) < 4.78 is 30.5. The molecule has 0 saturated heterocycles. The molecule has 0 heterocycles. The number of methoxy groups -OCH3 is 1. The zero-order valence-electron chi connectivity index (χ0n) is 10.3. The number of hydrogen-bond acceptors (Lipinski definition) is 4. The third-order valence-corrected chi connectivity index (χ3v) is 3.46. The molecule has 18 heavy (non-hydrogen) atoms. The van der Waals surface area contributed by atoms with E-state index >= 15 is 0 Å². The molecule has 7 heteroatoms.